The summed E-state index contributed by atoms with van der Waals surface area (Å²) in [5.74, 6) is 1.34. The summed E-state index contributed by atoms with van der Waals surface area (Å²) in [5, 5.41) is 7.10. The first kappa shape index (κ1) is 16.9. The van der Waals surface area contributed by atoms with Crippen molar-refractivity contribution in [3.05, 3.63) is 41.7 Å². The number of hydrogen-bond acceptors (Lipinski definition) is 4. The lowest BCUT2D eigenvalue weighted by molar-refractivity contribution is -0.124. The Morgan fingerprint density at radius 2 is 2.13 bits per heavy atom. The molecular formula is C17H23N3O3. The van der Waals surface area contributed by atoms with Gasteiger partial charge in [0.05, 0.1) is 20.4 Å². The number of aromatic nitrogens is 2. The van der Waals surface area contributed by atoms with Crippen LogP contribution >= 0.6 is 0 Å². The minimum atomic E-state index is -0.337. The Morgan fingerprint density at radius 1 is 1.35 bits per heavy atom. The maximum atomic E-state index is 12.2. The van der Waals surface area contributed by atoms with Crippen LogP contribution in [0.15, 0.2) is 30.6 Å². The number of para-hydroxylation sites is 1. The van der Waals surface area contributed by atoms with Gasteiger partial charge in [0.15, 0.2) is 11.5 Å². The monoisotopic (exact) mass is 317 g/mol. The molecule has 1 N–H and O–H groups in total. The summed E-state index contributed by atoms with van der Waals surface area (Å²) >= 11 is 0. The summed E-state index contributed by atoms with van der Waals surface area (Å²) in [6, 6.07) is 5.39. The fourth-order valence-electron chi connectivity index (χ4n) is 2.38. The minimum Gasteiger partial charge on any atom is -0.493 e. The zero-order valence-corrected chi connectivity index (χ0v) is 14.0. The van der Waals surface area contributed by atoms with Crippen molar-refractivity contribution >= 4 is 5.91 Å². The Labute approximate surface area is 136 Å². The highest BCUT2D eigenvalue weighted by atomic mass is 16.5. The van der Waals surface area contributed by atoms with Crippen LogP contribution in [-0.4, -0.2) is 36.5 Å². The molecule has 6 heteroatoms. The maximum absolute atomic E-state index is 12.2. The second kappa shape index (κ2) is 7.67. The van der Waals surface area contributed by atoms with E-state index in [1.807, 2.05) is 38.2 Å². The highest BCUT2D eigenvalue weighted by Gasteiger charge is 2.15. The van der Waals surface area contributed by atoms with Gasteiger partial charge in [0, 0.05) is 12.7 Å². The molecule has 1 atom stereocenters. The van der Waals surface area contributed by atoms with Crippen LogP contribution in [0.1, 0.15) is 24.1 Å². The van der Waals surface area contributed by atoms with Crippen LogP contribution in [0.25, 0.3) is 0 Å². The largest absolute Gasteiger partial charge is 0.493 e. The Kier molecular flexibility index (Phi) is 5.62. The average Bonchev–Trinajstić information content (AvgIpc) is 3.00. The number of methoxy groups -OCH3 is 2. The van der Waals surface area contributed by atoms with Crippen LogP contribution in [-0.2, 0) is 11.2 Å². The van der Waals surface area contributed by atoms with E-state index >= 15 is 0 Å². The molecule has 0 unspecified atom stereocenters. The molecule has 1 aromatic carbocycles. The summed E-state index contributed by atoms with van der Waals surface area (Å²) < 4.78 is 12.3. The average molecular weight is 317 g/mol. The molecule has 124 valence electrons. The van der Waals surface area contributed by atoms with Crippen molar-refractivity contribution in [2.75, 3.05) is 20.8 Å². The SMILES string of the molecule is COc1cccc(CCNC(=O)[C@H](C)n2cc(C)cn2)c1OC. The molecule has 1 amide bonds. The maximum Gasteiger partial charge on any atom is 0.244 e. The summed E-state index contributed by atoms with van der Waals surface area (Å²) in [4.78, 5) is 12.2. The lowest BCUT2D eigenvalue weighted by atomic mass is 10.1. The third-order valence-corrected chi connectivity index (χ3v) is 3.68. The van der Waals surface area contributed by atoms with Crippen molar-refractivity contribution in [1.29, 1.82) is 0 Å². The highest BCUT2D eigenvalue weighted by Crippen LogP contribution is 2.30. The number of carbonyl (C=O) groups excluding carboxylic acids is 1. The van der Waals surface area contributed by atoms with E-state index < -0.39 is 0 Å². The highest BCUT2D eigenvalue weighted by molar-refractivity contribution is 5.79. The van der Waals surface area contributed by atoms with Gasteiger partial charge in [0.1, 0.15) is 6.04 Å². The number of aryl methyl sites for hydroxylation is 1. The number of amides is 1. The molecule has 0 radical (unpaired) electrons. The first-order valence-corrected chi connectivity index (χ1v) is 7.55. The van der Waals surface area contributed by atoms with E-state index in [0.29, 0.717) is 24.5 Å². The van der Waals surface area contributed by atoms with Crippen molar-refractivity contribution in [2.24, 2.45) is 0 Å². The van der Waals surface area contributed by atoms with Crippen LogP contribution in [0.2, 0.25) is 0 Å². The van der Waals surface area contributed by atoms with Gasteiger partial charge in [0.25, 0.3) is 0 Å². The number of ether oxygens (including phenoxy) is 2. The summed E-state index contributed by atoms with van der Waals surface area (Å²) in [6.07, 6.45) is 4.26. The van der Waals surface area contributed by atoms with E-state index in [2.05, 4.69) is 10.4 Å². The van der Waals surface area contributed by atoms with Crippen LogP contribution < -0.4 is 14.8 Å². The molecule has 6 nitrogen and oxygen atoms in total. The summed E-state index contributed by atoms with van der Waals surface area (Å²) in [7, 11) is 3.22. The van der Waals surface area contributed by atoms with Gasteiger partial charge in [-0.1, -0.05) is 12.1 Å². The molecule has 1 aromatic heterocycles. The third kappa shape index (κ3) is 4.03. The van der Waals surface area contributed by atoms with Gasteiger partial charge in [-0.2, -0.15) is 5.10 Å². The molecule has 0 aliphatic carbocycles. The molecular weight excluding hydrogens is 294 g/mol. The fourth-order valence-corrected chi connectivity index (χ4v) is 2.38. The molecule has 0 bridgehead atoms. The quantitative estimate of drug-likeness (QED) is 0.849. The lowest BCUT2D eigenvalue weighted by Gasteiger charge is -2.15. The molecule has 2 aromatic rings. The van der Waals surface area contributed by atoms with Crippen LogP contribution in [0.4, 0.5) is 0 Å². The molecule has 0 spiro atoms. The molecule has 0 saturated carbocycles. The van der Waals surface area contributed by atoms with Crippen molar-refractivity contribution in [3.63, 3.8) is 0 Å². The van der Waals surface area contributed by atoms with Crippen LogP contribution in [0.3, 0.4) is 0 Å². The number of carbonyl (C=O) groups is 1. The zero-order valence-electron chi connectivity index (χ0n) is 14.0. The first-order valence-electron chi connectivity index (χ1n) is 7.55. The zero-order chi connectivity index (χ0) is 16.8. The summed E-state index contributed by atoms with van der Waals surface area (Å²) in [5.41, 5.74) is 2.03. The second-order valence-electron chi connectivity index (χ2n) is 5.37. The van der Waals surface area contributed by atoms with Gasteiger partial charge in [-0.3, -0.25) is 9.48 Å². The lowest BCUT2D eigenvalue weighted by Crippen LogP contribution is -2.32. The number of nitrogens with zero attached hydrogens (tertiary/aromatic N) is 2. The number of benzene rings is 1. The van der Waals surface area contributed by atoms with Gasteiger partial charge in [-0.25, -0.2) is 0 Å². The first-order chi connectivity index (χ1) is 11.1. The number of hydrogen-bond donors (Lipinski definition) is 1. The Bertz CT molecular complexity index is 667. The van der Waals surface area contributed by atoms with Gasteiger partial charge in [-0.05, 0) is 37.5 Å². The van der Waals surface area contributed by atoms with Crippen molar-refractivity contribution in [2.45, 2.75) is 26.3 Å². The topological polar surface area (TPSA) is 65.4 Å². The van der Waals surface area contributed by atoms with E-state index in [1.165, 1.54) is 0 Å². The van der Waals surface area contributed by atoms with Crippen molar-refractivity contribution < 1.29 is 14.3 Å². The molecule has 0 saturated heterocycles. The van der Waals surface area contributed by atoms with Crippen molar-refractivity contribution in [1.82, 2.24) is 15.1 Å². The third-order valence-electron chi connectivity index (χ3n) is 3.68. The number of rotatable bonds is 7. The number of nitrogens with one attached hydrogen (secondary N) is 1. The van der Waals surface area contributed by atoms with Gasteiger partial charge < -0.3 is 14.8 Å². The van der Waals surface area contributed by atoms with E-state index in [9.17, 15) is 4.79 Å². The molecule has 1 heterocycles. The normalized spacial score (nSPS) is 11.8. The molecule has 0 aliphatic heterocycles. The van der Waals surface area contributed by atoms with E-state index in [4.69, 9.17) is 9.47 Å². The molecule has 0 fully saturated rings. The van der Waals surface area contributed by atoms with Gasteiger partial charge in [0.2, 0.25) is 5.91 Å². The fraction of sp³-hybridized carbons (Fsp3) is 0.412. The Morgan fingerprint density at radius 3 is 2.74 bits per heavy atom. The Balaban J connectivity index is 1.93. The van der Waals surface area contributed by atoms with E-state index in [1.54, 1.807) is 25.1 Å². The predicted octanol–water partition coefficient (Wildman–Crippen LogP) is 2.13. The Hall–Kier alpha value is -2.50. The smallest absolute Gasteiger partial charge is 0.244 e. The second-order valence-corrected chi connectivity index (χ2v) is 5.37. The summed E-state index contributed by atoms with van der Waals surface area (Å²) in [6.45, 7) is 4.30. The van der Waals surface area contributed by atoms with Gasteiger partial charge in [-0.15, -0.1) is 0 Å². The van der Waals surface area contributed by atoms with Gasteiger partial charge >= 0.3 is 0 Å². The molecule has 23 heavy (non-hydrogen) atoms. The van der Waals surface area contributed by atoms with E-state index in [-0.39, 0.29) is 11.9 Å². The predicted molar refractivity (Wildman–Crippen MR) is 87.9 cm³/mol. The molecule has 2 rings (SSSR count). The van der Waals surface area contributed by atoms with Crippen LogP contribution in [0, 0.1) is 6.92 Å². The molecule has 0 aliphatic rings. The standard InChI is InChI=1S/C17H23N3O3/c1-12-10-19-20(11-12)13(2)17(21)18-9-8-14-6-5-7-15(22-3)16(14)23-4/h5-7,10-11,13H,8-9H2,1-4H3,(H,18,21)/t13-/m0/s1. The minimum absolute atomic E-state index is 0.0602. The van der Waals surface area contributed by atoms with Crippen LogP contribution in [0.5, 0.6) is 11.5 Å². The van der Waals surface area contributed by atoms with E-state index in [0.717, 1.165) is 11.1 Å². The van der Waals surface area contributed by atoms with Crippen molar-refractivity contribution in [3.8, 4) is 11.5 Å².